The van der Waals surface area contributed by atoms with E-state index in [0.29, 0.717) is 0 Å². The van der Waals surface area contributed by atoms with Crippen molar-refractivity contribution in [2.75, 3.05) is 7.11 Å². The maximum Gasteiger partial charge on any atom is 0.128 e. The summed E-state index contributed by atoms with van der Waals surface area (Å²) in [5, 5.41) is 9.83. The van der Waals surface area contributed by atoms with Crippen LogP contribution in [-0.2, 0) is 5.41 Å². The fourth-order valence-corrected chi connectivity index (χ4v) is 2.03. The zero-order chi connectivity index (χ0) is 12.5. The summed E-state index contributed by atoms with van der Waals surface area (Å²) in [5.41, 5.74) is 3.12. The van der Waals surface area contributed by atoms with Gasteiger partial charge in [-0.1, -0.05) is 32.9 Å². The average Bonchev–Trinajstić information content (AvgIpc) is 2.14. The first-order valence-corrected chi connectivity index (χ1v) is 5.65. The van der Waals surface area contributed by atoms with Gasteiger partial charge in [0.2, 0.25) is 0 Å². The van der Waals surface area contributed by atoms with E-state index in [9.17, 15) is 5.11 Å². The van der Waals surface area contributed by atoms with Gasteiger partial charge in [0.05, 0.1) is 13.2 Å². The maximum atomic E-state index is 9.83. The first kappa shape index (κ1) is 13.0. The van der Waals surface area contributed by atoms with Crippen molar-refractivity contribution in [3.05, 3.63) is 28.8 Å². The van der Waals surface area contributed by atoms with Gasteiger partial charge in [-0.3, -0.25) is 0 Å². The highest BCUT2D eigenvalue weighted by Crippen LogP contribution is 2.38. The Morgan fingerprint density at radius 1 is 1.25 bits per heavy atom. The molecule has 1 aromatic carbocycles. The van der Waals surface area contributed by atoms with Crippen LogP contribution in [0.3, 0.4) is 0 Å². The minimum Gasteiger partial charge on any atom is -0.496 e. The van der Waals surface area contributed by atoms with Gasteiger partial charge < -0.3 is 9.84 Å². The molecule has 0 bridgehead atoms. The van der Waals surface area contributed by atoms with Crippen LogP contribution in [0.5, 0.6) is 5.75 Å². The number of methoxy groups -OCH3 is 1. The Morgan fingerprint density at radius 3 is 2.19 bits per heavy atom. The van der Waals surface area contributed by atoms with Crippen molar-refractivity contribution in [3.63, 3.8) is 0 Å². The summed E-state index contributed by atoms with van der Waals surface area (Å²) in [6.07, 6.45) is -0.503. The zero-order valence-corrected chi connectivity index (χ0v) is 11.1. The molecule has 2 nitrogen and oxygen atoms in total. The summed E-state index contributed by atoms with van der Waals surface area (Å²) in [6, 6.07) is 4.13. The van der Waals surface area contributed by atoms with Crippen LogP contribution in [0.1, 0.15) is 50.5 Å². The number of ether oxygens (including phenoxy) is 1. The summed E-state index contributed by atoms with van der Waals surface area (Å²) in [5.74, 6) is 0.822. The lowest BCUT2D eigenvalue weighted by molar-refractivity contribution is 0.193. The molecule has 1 unspecified atom stereocenters. The third-order valence-corrected chi connectivity index (χ3v) is 2.84. The molecule has 0 spiro atoms. The first-order chi connectivity index (χ1) is 7.29. The second kappa shape index (κ2) is 4.46. The van der Waals surface area contributed by atoms with Gasteiger partial charge in [-0.2, -0.15) is 0 Å². The normalized spacial score (nSPS) is 13.7. The number of hydrogen-bond acceptors (Lipinski definition) is 2. The Kier molecular flexibility index (Phi) is 3.64. The molecule has 0 saturated heterocycles. The summed E-state index contributed by atoms with van der Waals surface area (Å²) in [7, 11) is 1.66. The third kappa shape index (κ3) is 2.38. The van der Waals surface area contributed by atoms with Crippen molar-refractivity contribution in [1.82, 2.24) is 0 Å². The summed E-state index contributed by atoms with van der Waals surface area (Å²) in [4.78, 5) is 0. The van der Waals surface area contributed by atoms with Crippen LogP contribution in [0.25, 0.3) is 0 Å². The minimum atomic E-state index is -0.503. The molecule has 2 heteroatoms. The van der Waals surface area contributed by atoms with Gasteiger partial charge in [-0.25, -0.2) is 0 Å². The van der Waals surface area contributed by atoms with E-state index in [1.165, 1.54) is 0 Å². The second-order valence-electron chi connectivity index (χ2n) is 5.30. The molecule has 1 atom stereocenters. The molecule has 16 heavy (non-hydrogen) atoms. The number of hydrogen-bond donors (Lipinski definition) is 1. The van der Waals surface area contributed by atoms with E-state index in [-0.39, 0.29) is 5.41 Å². The van der Waals surface area contributed by atoms with Crippen LogP contribution in [0.4, 0.5) is 0 Å². The van der Waals surface area contributed by atoms with E-state index in [0.717, 1.165) is 22.4 Å². The number of aliphatic hydroxyl groups excluding tert-OH is 1. The molecule has 0 radical (unpaired) electrons. The molecule has 1 N–H and O–H groups in total. The number of rotatable bonds is 2. The molecule has 0 amide bonds. The second-order valence-corrected chi connectivity index (χ2v) is 5.30. The maximum absolute atomic E-state index is 9.83. The summed E-state index contributed by atoms with van der Waals surface area (Å²) < 4.78 is 5.49. The van der Waals surface area contributed by atoms with Crippen molar-refractivity contribution in [1.29, 1.82) is 0 Å². The van der Waals surface area contributed by atoms with Crippen molar-refractivity contribution in [3.8, 4) is 5.75 Å². The Balaban J connectivity index is 3.49. The predicted octanol–water partition coefficient (Wildman–Crippen LogP) is 3.35. The van der Waals surface area contributed by atoms with Gasteiger partial charge in [-0.15, -0.1) is 0 Å². The SMILES string of the molecule is COc1c(C(C)(C)C)ccc(C)c1C(C)O. The minimum absolute atomic E-state index is 0.0166. The standard InChI is InChI=1S/C14H22O2/c1-9-7-8-11(14(3,4)5)13(16-6)12(9)10(2)15/h7-8,10,15H,1-6H3. The molecule has 0 heterocycles. The van der Waals surface area contributed by atoms with E-state index in [2.05, 4.69) is 26.8 Å². The van der Waals surface area contributed by atoms with E-state index in [1.54, 1.807) is 14.0 Å². The number of aliphatic hydroxyl groups is 1. The molecular formula is C14H22O2. The van der Waals surface area contributed by atoms with Crippen LogP contribution in [0.2, 0.25) is 0 Å². The molecular weight excluding hydrogens is 200 g/mol. The Labute approximate surface area is 98.3 Å². The molecule has 0 aliphatic carbocycles. The van der Waals surface area contributed by atoms with E-state index in [4.69, 9.17) is 4.74 Å². The molecule has 0 saturated carbocycles. The quantitative estimate of drug-likeness (QED) is 0.831. The fourth-order valence-electron chi connectivity index (χ4n) is 2.03. The van der Waals surface area contributed by atoms with Gasteiger partial charge in [0.15, 0.2) is 0 Å². The van der Waals surface area contributed by atoms with Crippen LogP contribution in [0.15, 0.2) is 12.1 Å². The highest BCUT2D eigenvalue weighted by Gasteiger charge is 2.23. The Bertz CT molecular complexity index is 373. The topological polar surface area (TPSA) is 29.5 Å². The van der Waals surface area contributed by atoms with E-state index in [1.807, 2.05) is 13.0 Å². The molecule has 90 valence electrons. The van der Waals surface area contributed by atoms with Crippen LogP contribution < -0.4 is 4.74 Å². The molecule has 0 aliphatic heterocycles. The number of benzene rings is 1. The molecule has 0 aromatic heterocycles. The molecule has 1 rings (SSSR count). The Morgan fingerprint density at radius 2 is 1.81 bits per heavy atom. The van der Waals surface area contributed by atoms with E-state index < -0.39 is 6.10 Å². The van der Waals surface area contributed by atoms with Crippen LogP contribution >= 0.6 is 0 Å². The van der Waals surface area contributed by atoms with Crippen molar-refractivity contribution < 1.29 is 9.84 Å². The lowest BCUT2D eigenvalue weighted by atomic mass is 9.83. The van der Waals surface area contributed by atoms with Gasteiger partial charge in [0, 0.05) is 5.56 Å². The summed E-state index contributed by atoms with van der Waals surface area (Å²) >= 11 is 0. The van der Waals surface area contributed by atoms with Gasteiger partial charge in [0.25, 0.3) is 0 Å². The van der Waals surface area contributed by atoms with Crippen molar-refractivity contribution in [2.24, 2.45) is 0 Å². The first-order valence-electron chi connectivity index (χ1n) is 5.65. The van der Waals surface area contributed by atoms with Crippen LogP contribution in [0, 0.1) is 6.92 Å². The Hall–Kier alpha value is -1.02. The van der Waals surface area contributed by atoms with Crippen LogP contribution in [-0.4, -0.2) is 12.2 Å². The van der Waals surface area contributed by atoms with Gasteiger partial charge in [-0.05, 0) is 30.4 Å². The lowest BCUT2D eigenvalue weighted by Crippen LogP contribution is -2.15. The molecule has 0 fully saturated rings. The highest BCUT2D eigenvalue weighted by molar-refractivity contribution is 5.49. The third-order valence-electron chi connectivity index (χ3n) is 2.84. The number of aryl methyl sites for hydroxylation is 1. The summed E-state index contributed by atoms with van der Waals surface area (Å²) in [6.45, 7) is 10.2. The van der Waals surface area contributed by atoms with Gasteiger partial charge in [0.1, 0.15) is 5.75 Å². The highest BCUT2D eigenvalue weighted by atomic mass is 16.5. The molecule has 1 aromatic rings. The fraction of sp³-hybridized carbons (Fsp3) is 0.571. The van der Waals surface area contributed by atoms with E-state index >= 15 is 0 Å². The van der Waals surface area contributed by atoms with Crippen molar-refractivity contribution >= 4 is 0 Å². The zero-order valence-electron chi connectivity index (χ0n) is 11.1. The predicted molar refractivity (Wildman–Crippen MR) is 67.1 cm³/mol. The van der Waals surface area contributed by atoms with Gasteiger partial charge >= 0.3 is 0 Å². The van der Waals surface area contributed by atoms with Crippen molar-refractivity contribution in [2.45, 2.75) is 46.1 Å². The monoisotopic (exact) mass is 222 g/mol. The lowest BCUT2D eigenvalue weighted by Gasteiger charge is -2.25. The average molecular weight is 222 g/mol. The molecule has 0 aliphatic rings. The largest absolute Gasteiger partial charge is 0.496 e. The smallest absolute Gasteiger partial charge is 0.128 e.